The lowest BCUT2D eigenvalue weighted by Crippen LogP contribution is -2.40. The van der Waals surface area contributed by atoms with Crippen molar-refractivity contribution in [2.45, 2.75) is 11.8 Å². The molecule has 3 rings (SSSR count). The van der Waals surface area contributed by atoms with Gasteiger partial charge in [0.05, 0.1) is 25.2 Å². The summed E-state index contributed by atoms with van der Waals surface area (Å²) in [5, 5.41) is 2.62. The van der Waals surface area contributed by atoms with Gasteiger partial charge in [0.2, 0.25) is 10.0 Å². The molecule has 10 heteroatoms. The van der Waals surface area contributed by atoms with Crippen LogP contribution < -0.4 is 5.32 Å². The van der Waals surface area contributed by atoms with Gasteiger partial charge < -0.3 is 14.8 Å². The highest BCUT2D eigenvalue weighted by Gasteiger charge is 2.28. The molecule has 1 aromatic heterocycles. The molecule has 0 aliphatic carbocycles. The number of hydrogen-bond donors (Lipinski definition) is 1. The molecule has 9 nitrogen and oxygen atoms in total. The molecular weight excluding hydrogens is 398 g/mol. The first kappa shape index (κ1) is 20.9. The van der Waals surface area contributed by atoms with E-state index in [0.717, 1.165) is 0 Å². The van der Waals surface area contributed by atoms with E-state index in [0.29, 0.717) is 24.5 Å². The van der Waals surface area contributed by atoms with Crippen molar-refractivity contribution in [1.82, 2.24) is 9.29 Å². The van der Waals surface area contributed by atoms with Gasteiger partial charge in [0, 0.05) is 18.8 Å². The van der Waals surface area contributed by atoms with Gasteiger partial charge in [0.15, 0.2) is 0 Å². The molecule has 0 saturated carbocycles. The quantitative estimate of drug-likeness (QED) is 0.730. The van der Waals surface area contributed by atoms with E-state index in [2.05, 4.69) is 15.0 Å². The van der Waals surface area contributed by atoms with Crippen LogP contribution in [0.4, 0.5) is 5.69 Å². The molecule has 29 heavy (non-hydrogen) atoms. The van der Waals surface area contributed by atoms with E-state index in [1.54, 1.807) is 19.1 Å². The second-order valence-electron chi connectivity index (χ2n) is 6.35. The Hall–Kier alpha value is -2.82. The first-order chi connectivity index (χ1) is 13.8. The number of methoxy groups -OCH3 is 1. The van der Waals surface area contributed by atoms with Crippen molar-refractivity contribution in [2.75, 3.05) is 38.7 Å². The third-order valence-electron chi connectivity index (χ3n) is 4.41. The van der Waals surface area contributed by atoms with Gasteiger partial charge in [-0.3, -0.25) is 4.79 Å². The van der Waals surface area contributed by atoms with Crippen LogP contribution in [-0.4, -0.2) is 63.0 Å². The predicted octanol–water partition coefficient (Wildman–Crippen LogP) is 1.45. The molecule has 0 bridgehead atoms. The summed E-state index contributed by atoms with van der Waals surface area (Å²) in [6, 6.07) is 9.04. The van der Waals surface area contributed by atoms with Gasteiger partial charge in [-0.25, -0.2) is 18.2 Å². The minimum atomic E-state index is -3.71. The van der Waals surface area contributed by atoms with E-state index in [9.17, 15) is 18.0 Å². The largest absolute Gasteiger partial charge is 0.464 e. The van der Waals surface area contributed by atoms with Crippen molar-refractivity contribution in [3.05, 3.63) is 53.3 Å². The molecule has 0 unspecified atom stereocenters. The third kappa shape index (κ3) is 4.61. The van der Waals surface area contributed by atoms with Crippen molar-refractivity contribution in [3.63, 3.8) is 0 Å². The second kappa shape index (κ2) is 8.68. The molecular formula is C19H21N3O6S. The Kier molecular flexibility index (Phi) is 6.26. The van der Waals surface area contributed by atoms with Crippen LogP contribution in [0.15, 0.2) is 41.3 Å². The average Bonchev–Trinajstić information content (AvgIpc) is 2.75. The minimum absolute atomic E-state index is 0.000333. The van der Waals surface area contributed by atoms with Crippen LogP contribution in [0.1, 0.15) is 26.5 Å². The molecule has 1 aromatic carbocycles. The van der Waals surface area contributed by atoms with Crippen molar-refractivity contribution in [3.8, 4) is 0 Å². The van der Waals surface area contributed by atoms with E-state index in [1.807, 2.05) is 0 Å². The summed E-state index contributed by atoms with van der Waals surface area (Å²) < 4.78 is 37.1. The minimum Gasteiger partial charge on any atom is -0.464 e. The number of ether oxygens (including phenoxy) is 2. The first-order valence-electron chi connectivity index (χ1n) is 8.88. The van der Waals surface area contributed by atoms with Gasteiger partial charge in [-0.2, -0.15) is 4.31 Å². The molecule has 0 spiro atoms. The van der Waals surface area contributed by atoms with Crippen LogP contribution >= 0.6 is 0 Å². The summed E-state index contributed by atoms with van der Waals surface area (Å²) in [5.41, 5.74) is 0.878. The monoisotopic (exact) mass is 419 g/mol. The van der Waals surface area contributed by atoms with E-state index < -0.39 is 21.9 Å². The number of benzene rings is 1. The van der Waals surface area contributed by atoms with E-state index >= 15 is 0 Å². The number of amides is 1. The molecule has 2 aromatic rings. The number of pyridine rings is 1. The molecule has 154 valence electrons. The maximum absolute atomic E-state index is 13.0. The smallest absolute Gasteiger partial charge is 0.356 e. The molecule has 0 atom stereocenters. The number of carbonyl (C=O) groups is 2. The number of carbonyl (C=O) groups excluding carboxylic acids is 2. The van der Waals surface area contributed by atoms with Crippen molar-refractivity contribution in [2.24, 2.45) is 0 Å². The van der Waals surface area contributed by atoms with Gasteiger partial charge in [-0.15, -0.1) is 0 Å². The fraction of sp³-hybridized carbons (Fsp3) is 0.316. The SMILES string of the molecule is COC(=O)c1cccc(C(=O)Nc2ccc(C)c(S(=O)(=O)N3CCOCC3)c2)n1. The zero-order valence-electron chi connectivity index (χ0n) is 16.0. The summed E-state index contributed by atoms with van der Waals surface area (Å²) in [6.45, 7) is 2.94. The Labute approximate surface area is 168 Å². The molecule has 1 aliphatic rings. The molecule has 1 amide bonds. The number of morpholine rings is 1. The van der Waals surface area contributed by atoms with Crippen LogP contribution in [0.3, 0.4) is 0 Å². The van der Waals surface area contributed by atoms with Gasteiger partial charge in [0.25, 0.3) is 5.91 Å². The van der Waals surface area contributed by atoms with Gasteiger partial charge in [0.1, 0.15) is 11.4 Å². The Morgan fingerprint density at radius 3 is 2.52 bits per heavy atom. The summed E-state index contributed by atoms with van der Waals surface area (Å²) in [4.78, 5) is 28.2. The molecule has 2 heterocycles. The predicted molar refractivity (Wildman–Crippen MR) is 104 cm³/mol. The topological polar surface area (TPSA) is 115 Å². The average molecular weight is 419 g/mol. The zero-order valence-corrected chi connectivity index (χ0v) is 16.9. The lowest BCUT2D eigenvalue weighted by atomic mass is 10.2. The summed E-state index contributed by atoms with van der Waals surface area (Å²) in [6.07, 6.45) is 0. The number of rotatable bonds is 5. The summed E-state index contributed by atoms with van der Waals surface area (Å²) in [7, 11) is -2.49. The number of esters is 1. The molecule has 1 N–H and O–H groups in total. The molecule has 1 aliphatic heterocycles. The van der Waals surface area contributed by atoms with Gasteiger partial charge >= 0.3 is 5.97 Å². The van der Waals surface area contributed by atoms with Crippen LogP contribution in [0.5, 0.6) is 0 Å². The van der Waals surface area contributed by atoms with Crippen molar-refractivity contribution >= 4 is 27.6 Å². The number of aromatic nitrogens is 1. The number of aryl methyl sites for hydroxylation is 1. The van der Waals surface area contributed by atoms with E-state index in [-0.39, 0.29) is 29.4 Å². The highest BCUT2D eigenvalue weighted by molar-refractivity contribution is 7.89. The van der Waals surface area contributed by atoms with Crippen LogP contribution in [0, 0.1) is 6.92 Å². The number of nitrogens with one attached hydrogen (secondary N) is 1. The Morgan fingerprint density at radius 2 is 1.83 bits per heavy atom. The standard InChI is InChI=1S/C19H21N3O6S/c1-13-6-7-14(12-17(13)29(25,26)22-8-10-28-11-9-22)20-18(23)15-4-3-5-16(21-15)19(24)27-2/h3-7,12H,8-11H2,1-2H3,(H,20,23). The summed E-state index contributed by atoms with van der Waals surface area (Å²) in [5.74, 6) is -1.23. The normalized spacial score (nSPS) is 15.0. The third-order valence-corrected chi connectivity index (χ3v) is 6.45. The fourth-order valence-corrected chi connectivity index (χ4v) is 4.52. The van der Waals surface area contributed by atoms with Crippen LogP contribution in [0.25, 0.3) is 0 Å². The Bertz CT molecular complexity index is 1030. The zero-order chi connectivity index (χ0) is 21.0. The molecule has 1 saturated heterocycles. The number of anilines is 1. The van der Waals surface area contributed by atoms with E-state index in [1.165, 1.54) is 35.7 Å². The van der Waals surface area contributed by atoms with Crippen molar-refractivity contribution in [1.29, 1.82) is 0 Å². The maximum atomic E-state index is 13.0. The second-order valence-corrected chi connectivity index (χ2v) is 8.26. The highest BCUT2D eigenvalue weighted by Crippen LogP contribution is 2.24. The summed E-state index contributed by atoms with van der Waals surface area (Å²) >= 11 is 0. The maximum Gasteiger partial charge on any atom is 0.356 e. The highest BCUT2D eigenvalue weighted by atomic mass is 32.2. The van der Waals surface area contributed by atoms with Gasteiger partial charge in [-0.1, -0.05) is 12.1 Å². The first-order valence-corrected chi connectivity index (χ1v) is 10.3. The van der Waals surface area contributed by atoms with Crippen LogP contribution in [-0.2, 0) is 19.5 Å². The number of sulfonamides is 1. The fourth-order valence-electron chi connectivity index (χ4n) is 2.86. The van der Waals surface area contributed by atoms with Crippen LogP contribution in [0.2, 0.25) is 0 Å². The Morgan fingerprint density at radius 1 is 1.14 bits per heavy atom. The number of hydrogen-bond acceptors (Lipinski definition) is 7. The van der Waals surface area contributed by atoms with Gasteiger partial charge in [-0.05, 0) is 36.8 Å². The number of nitrogens with zero attached hydrogens (tertiary/aromatic N) is 2. The molecule has 1 fully saturated rings. The lowest BCUT2D eigenvalue weighted by Gasteiger charge is -2.26. The van der Waals surface area contributed by atoms with E-state index in [4.69, 9.17) is 4.74 Å². The lowest BCUT2D eigenvalue weighted by molar-refractivity contribution is 0.0594. The molecule has 0 radical (unpaired) electrons. The van der Waals surface area contributed by atoms with Crippen molar-refractivity contribution < 1.29 is 27.5 Å². The Balaban J connectivity index is 1.85.